The van der Waals surface area contributed by atoms with E-state index in [2.05, 4.69) is 40.9 Å². The van der Waals surface area contributed by atoms with Gasteiger partial charge in [0.15, 0.2) is 0 Å². The first kappa shape index (κ1) is 44.8. The van der Waals surface area contributed by atoms with Gasteiger partial charge in [-0.15, -0.1) is 0 Å². The number of benzene rings is 4. The molecule has 59 heavy (non-hydrogen) atoms. The summed E-state index contributed by atoms with van der Waals surface area (Å²) in [6, 6.07) is 31.1. The van der Waals surface area contributed by atoms with E-state index < -0.39 is 39.1 Å². The number of carbonyl (C=O) groups excluding carboxylic acids is 2. The van der Waals surface area contributed by atoms with Crippen molar-refractivity contribution in [2.24, 2.45) is 23.7 Å². The van der Waals surface area contributed by atoms with Gasteiger partial charge >= 0.3 is 352 Å². The van der Waals surface area contributed by atoms with Crippen LogP contribution in [0.4, 0.5) is 0 Å². The number of allylic oxidation sites excluding steroid dienone is 2. The molecule has 0 amide bonds. The predicted molar refractivity (Wildman–Crippen MR) is 243 cm³/mol. The molecule has 0 N–H and O–H groups in total. The Hall–Kier alpha value is -3.73. The average Bonchev–Trinajstić information content (AvgIpc) is 3.22. The SMILES string of the molecule is C=C1CC(C)C(C)(OC(=O)COc2ccc([Te](Cl)(Cl)c3ccc(OCC(=O)OC4(C)C(C)CC(=C)CC4CC)c(-c4ccccc4)c3)cc2-c2ccccc2)C(CC)C1. The third-order valence-corrected chi connectivity index (χ3v) is 22.5. The van der Waals surface area contributed by atoms with Crippen molar-refractivity contribution in [1.82, 2.24) is 0 Å². The van der Waals surface area contributed by atoms with Gasteiger partial charge in [0.2, 0.25) is 0 Å². The van der Waals surface area contributed by atoms with Gasteiger partial charge in [-0.3, -0.25) is 0 Å². The molecule has 0 saturated heterocycles. The van der Waals surface area contributed by atoms with Crippen LogP contribution in [0.25, 0.3) is 22.3 Å². The van der Waals surface area contributed by atoms with Crippen LogP contribution in [-0.2, 0) is 19.1 Å². The number of esters is 2. The molecule has 2 aliphatic rings. The fourth-order valence-corrected chi connectivity index (χ4v) is 15.3. The van der Waals surface area contributed by atoms with Gasteiger partial charge < -0.3 is 0 Å². The molecule has 4 aromatic carbocycles. The molecule has 6 atom stereocenters. The van der Waals surface area contributed by atoms with Crippen LogP contribution in [0.3, 0.4) is 0 Å². The molecule has 9 heteroatoms. The topological polar surface area (TPSA) is 71.1 Å². The van der Waals surface area contributed by atoms with Gasteiger partial charge in [-0.1, -0.05) is 13.2 Å². The standard InChI is InChI=1S/C50H58Cl2O6Te/c1-9-39-27-33(3)25-35(5)49(39,7)57-47(53)31-55-45-23-21-41(29-43(45)37-17-13-11-14-18-37)59(51,52)42-22-24-46(44(30-42)38-19-15-12-16-20-38)56-32-48(54)58-50(8)36(6)26-34(4)28-40(50)10-2/h11-24,29-30,35-36,39-40H,3-4,9-10,25-28,31-32H2,1-2,5-8H3. The van der Waals surface area contributed by atoms with Gasteiger partial charge in [-0.25, -0.2) is 0 Å². The van der Waals surface area contributed by atoms with Crippen LogP contribution < -0.4 is 16.7 Å². The summed E-state index contributed by atoms with van der Waals surface area (Å²) in [5, 5.41) is 0. The normalized spacial score (nSPS) is 24.9. The van der Waals surface area contributed by atoms with E-state index in [-0.39, 0.29) is 36.9 Å². The van der Waals surface area contributed by atoms with E-state index in [1.165, 1.54) is 11.1 Å². The minimum absolute atomic E-state index is 0.151. The molecule has 2 saturated carbocycles. The molecular formula is C50H58Cl2O6Te. The van der Waals surface area contributed by atoms with Crippen molar-refractivity contribution in [2.75, 3.05) is 13.2 Å². The summed E-state index contributed by atoms with van der Waals surface area (Å²) in [4.78, 5) is 26.8. The second-order valence-electron chi connectivity index (χ2n) is 16.7. The van der Waals surface area contributed by atoms with E-state index in [9.17, 15) is 9.59 Å². The van der Waals surface area contributed by atoms with Crippen molar-refractivity contribution in [3.8, 4) is 33.8 Å². The summed E-state index contributed by atoms with van der Waals surface area (Å²) in [6.45, 7) is 20.6. The van der Waals surface area contributed by atoms with E-state index in [0.29, 0.717) is 11.5 Å². The quantitative estimate of drug-likeness (QED) is 0.0712. The zero-order valence-corrected chi connectivity index (χ0v) is 39.1. The molecule has 0 heterocycles. The molecule has 6 nitrogen and oxygen atoms in total. The second kappa shape index (κ2) is 18.9. The zero-order chi connectivity index (χ0) is 42.5. The second-order valence-corrected chi connectivity index (χ2v) is 29.4. The Balaban J connectivity index is 1.25. The zero-order valence-electron chi connectivity index (χ0n) is 35.2. The summed E-state index contributed by atoms with van der Waals surface area (Å²) in [7, 11) is 15.1. The molecule has 6 unspecified atom stereocenters. The third-order valence-electron chi connectivity index (χ3n) is 12.8. The molecule has 0 aliphatic heterocycles. The van der Waals surface area contributed by atoms with Crippen LogP contribution in [-0.4, -0.2) is 52.3 Å². The van der Waals surface area contributed by atoms with Gasteiger partial charge in [0, 0.05) is 0 Å². The molecular weight excluding hydrogens is 895 g/mol. The summed E-state index contributed by atoms with van der Waals surface area (Å²) >= 11 is -4.11. The van der Waals surface area contributed by atoms with Crippen LogP contribution in [0, 0.1) is 23.7 Å². The predicted octanol–water partition coefficient (Wildman–Crippen LogP) is 11.4. The van der Waals surface area contributed by atoms with Crippen molar-refractivity contribution >= 4 is 53.0 Å². The van der Waals surface area contributed by atoms with Crippen LogP contribution >= 0.6 is 17.9 Å². The Morgan fingerprint density at radius 3 is 1.36 bits per heavy atom. The van der Waals surface area contributed by atoms with Gasteiger partial charge in [0.05, 0.1) is 0 Å². The Morgan fingerprint density at radius 2 is 1.00 bits per heavy atom. The van der Waals surface area contributed by atoms with Crippen LogP contribution in [0.2, 0.25) is 0 Å². The number of carbonyl (C=O) groups is 2. The molecule has 6 rings (SSSR count). The Labute approximate surface area is 362 Å². The van der Waals surface area contributed by atoms with E-state index in [0.717, 1.165) is 68.0 Å². The van der Waals surface area contributed by atoms with Crippen molar-refractivity contribution in [3.63, 3.8) is 0 Å². The molecule has 2 aliphatic carbocycles. The first-order chi connectivity index (χ1) is 28.1. The molecule has 314 valence electrons. The molecule has 0 spiro atoms. The van der Waals surface area contributed by atoms with Crippen LogP contribution in [0.1, 0.15) is 80.1 Å². The van der Waals surface area contributed by atoms with Crippen LogP contribution in [0.15, 0.2) is 121 Å². The van der Waals surface area contributed by atoms with E-state index in [1.54, 1.807) is 0 Å². The maximum atomic E-state index is 13.4. The number of rotatable bonds is 14. The Kier molecular flexibility index (Phi) is 14.4. The molecule has 4 aromatic rings. The number of halogens is 2. The first-order valence-electron chi connectivity index (χ1n) is 20.7. The van der Waals surface area contributed by atoms with Crippen molar-refractivity contribution < 1.29 is 28.5 Å². The third kappa shape index (κ3) is 9.92. The molecule has 0 radical (unpaired) electrons. The molecule has 0 aromatic heterocycles. The van der Waals surface area contributed by atoms with Crippen molar-refractivity contribution in [3.05, 3.63) is 121 Å². The Bertz CT molecular complexity index is 2000. The fourth-order valence-electron chi connectivity index (χ4n) is 9.05. The summed E-state index contributed by atoms with van der Waals surface area (Å²) in [5.41, 5.74) is 4.54. The van der Waals surface area contributed by atoms with E-state index in [1.807, 2.05) is 111 Å². The maximum absolute atomic E-state index is 13.4. The monoisotopic (exact) mass is 954 g/mol. The number of hydrogen-bond donors (Lipinski definition) is 0. The first-order valence-corrected chi connectivity index (χ1v) is 29.0. The molecule has 2 fully saturated rings. The van der Waals surface area contributed by atoms with Crippen LogP contribution in [0.5, 0.6) is 11.5 Å². The van der Waals surface area contributed by atoms with Gasteiger partial charge in [-0.2, -0.15) is 0 Å². The number of hydrogen-bond acceptors (Lipinski definition) is 6. The molecule has 0 bridgehead atoms. The fraction of sp³-hybridized carbons (Fsp3) is 0.400. The summed E-state index contributed by atoms with van der Waals surface area (Å²) in [6.07, 6.45) is 5.15. The van der Waals surface area contributed by atoms with E-state index >= 15 is 0 Å². The summed E-state index contributed by atoms with van der Waals surface area (Å²) in [5.74, 6) is 0.930. The Morgan fingerprint density at radius 1 is 0.627 bits per heavy atom. The minimum atomic E-state index is -4.11. The van der Waals surface area contributed by atoms with Crippen molar-refractivity contribution in [1.29, 1.82) is 0 Å². The summed E-state index contributed by atoms with van der Waals surface area (Å²) < 4.78 is 26.5. The van der Waals surface area contributed by atoms with Gasteiger partial charge in [0.25, 0.3) is 0 Å². The van der Waals surface area contributed by atoms with Crippen molar-refractivity contribution in [2.45, 2.75) is 91.3 Å². The van der Waals surface area contributed by atoms with Gasteiger partial charge in [0.1, 0.15) is 0 Å². The van der Waals surface area contributed by atoms with Gasteiger partial charge in [-0.05, 0) is 0 Å². The average molecular weight is 954 g/mol. The van der Waals surface area contributed by atoms with E-state index in [4.69, 9.17) is 36.9 Å². The number of ether oxygens (including phenoxy) is 4.